The molecule has 2 rings (SSSR count). The molecule has 0 atom stereocenters. The molecule has 0 aliphatic rings. The molecule has 2 aromatic rings. The largest absolute Gasteiger partial charge is 0.489 e. The van der Waals surface area contributed by atoms with Crippen LogP contribution in [-0.4, -0.2) is 31.0 Å². The van der Waals surface area contributed by atoms with Crippen molar-refractivity contribution >= 4 is 17.5 Å². The number of aryl methyl sites for hydroxylation is 1. The van der Waals surface area contributed by atoms with Crippen LogP contribution in [0.1, 0.15) is 12.0 Å². The molecule has 0 saturated carbocycles. The summed E-state index contributed by atoms with van der Waals surface area (Å²) in [4.78, 5) is 13.7. The van der Waals surface area contributed by atoms with Gasteiger partial charge in [-0.25, -0.2) is 4.39 Å². The van der Waals surface area contributed by atoms with E-state index in [1.165, 1.54) is 6.07 Å². The monoisotopic (exact) mass is 335 g/mol. The first-order chi connectivity index (χ1) is 11.1. The zero-order chi connectivity index (χ0) is 16.7. The molecule has 0 saturated heterocycles. The van der Waals surface area contributed by atoms with Gasteiger partial charge in [0.05, 0.1) is 6.54 Å². The summed E-state index contributed by atoms with van der Waals surface area (Å²) < 4.78 is 18.8. The van der Waals surface area contributed by atoms with Crippen molar-refractivity contribution in [2.45, 2.75) is 12.8 Å². The molecule has 3 nitrogen and oxygen atoms in total. The Morgan fingerprint density at radius 1 is 1.17 bits per heavy atom. The average molecular weight is 336 g/mol. The standard InChI is InChI=1S/C18H19ClFNO2/c1-21(12-13-23-17-9-5-4-8-16(17)20)18(22)11-10-14-6-2-3-7-15(14)19/h2-9H,10-13H2,1H3. The smallest absolute Gasteiger partial charge is 0.222 e. The van der Waals surface area contributed by atoms with Gasteiger partial charge in [0.25, 0.3) is 0 Å². The van der Waals surface area contributed by atoms with Gasteiger partial charge in [-0.3, -0.25) is 4.79 Å². The number of carbonyl (C=O) groups excluding carboxylic acids is 1. The molecule has 0 fully saturated rings. The van der Waals surface area contributed by atoms with Crippen molar-refractivity contribution in [3.63, 3.8) is 0 Å². The fourth-order valence-corrected chi connectivity index (χ4v) is 2.34. The lowest BCUT2D eigenvalue weighted by Crippen LogP contribution is -2.31. The summed E-state index contributed by atoms with van der Waals surface area (Å²) in [5, 5.41) is 0.672. The minimum Gasteiger partial charge on any atom is -0.489 e. The number of hydrogen-bond donors (Lipinski definition) is 0. The van der Waals surface area contributed by atoms with Gasteiger partial charge in [-0.05, 0) is 30.2 Å². The summed E-state index contributed by atoms with van der Waals surface area (Å²) in [7, 11) is 1.71. The molecule has 122 valence electrons. The van der Waals surface area contributed by atoms with E-state index in [9.17, 15) is 9.18 Å². The van der Waals surface area contributed by atoms with Gasteiger partial charge < -0.3 is 9.64 Å². The van der Waals surface area contributed by atoms with Crippen molar-refractivity contribution in [2.24, 2.45) is 0 Å². The minimum atomic E-state index is -0.403. The van der Waals surface area contributed by atoms with Crippen LogP contribution in [0.3, 0.4) is 0 Å². The molecule has 0 unspecified atom stereocenters. The van der Waals surface area contributed by atoms with E-state index in [-0.39, 0.29) is 18.3 Å². The number of halogens is 2. The van der Waals surface area contributed by atoms with E-state index in [4.69, 9.17) is 16.3 Å². The molecule has 0 spiro atoms. The van der Waals surface area contributed by atoms with Crippen LogP contribution in [0.15, 0.2) is 48.5 Å². The van der Waals surface area contributed by atoms with Gasteiger partial charge in [0, 0.05) is 18.5 Å². The summed E-state index contributed by atoms with van der Waals surface area (Å²) in [6.45, 7) is 0.644. The fourth-order valence-electron chi connectivity index (χ4n) is 2.11. The SMILES string of the molecule is CN(CCOc1ccccc1F)C(=O)CCc1ccccc1Cl. The lowest BCUT2D eigenvalue weighted by molar-refractivity contribution is -0.130. The van der Waals surface area contributed by atoms with E-state index in [0.29, 0.717) is 24.4 Å². The van der Waals surface area contributed by atoms with Crippen molar-refractivity contribution in [1.29, 1.82) is 0 Å². The number of nitrogens with zero attached hydrogens (tertiary/aromatic N) is 1. The number of hydrogen-bond acceptors (Lipinski definition) is 2. The van der Waals surface area contributed by atoms with E-state index in [2.05, 4.69) is 0 Å². The third-order valence-electron chi connectivity index (χ3n) is 3.51. The first-order valence-corrected chi connectivity index (χ1v) is 7.80. The van der Waals surface area contributed by atoms with Crippen LogP contribution in [0.2, 0.25) is 5.02 Å². The first kappa shape index (κ1) is 17.3. The highest BCUT2D eigenvalue weighted by atomic mass is 35.5. The Morgan fingerprint density at radius 2 is 1.87 bits per heavy atom. The van der Waals surface area contributed by atoms with Crippen molar-refractivity contribution in [1.82, 2.24) is 4.90 Å². The van der Waals surface area contributed by atoms with E-state index < -0.39 is 5.82 Å². The maximum atomic E-state index is 13.4. The molecule has 0 bridgehead atoms. The summed E-state index contributed by atoms with van der Waals surface area (Å²) >= 11 is 6.07. The number of para-hydroxylation sites is 1. The van der Waals surface area contributed by atoms with E-state index in [0.717, 1.165) is 5.56 Å². The van der Waals surface area contributed by atoms with Crippen LogP contribution in [0.4, 0.5) is 4.39 Å². The Hall–Kier alpha value is -2.07. The second-order valence-electron chi connectivity index (χ2n) is 5.19. The second-order valence-corrected chi connectivity index (χ2v) is 5.59. The minimum absolute atomic E-state index is 0.00190. The predicted octanol–water partition coefficient (Wildman–Crippen LogP) is 3.95. The molecule has 2 aromatic carbocycles. The van der Waals surface area contributed by atoms with Crippen LogP contribution in [-0.2, 0) is 11.2 Å². The molecule has 0 aliphatic heterocycles. The normalized spacial score (nSPS) is 10.4. The number of carbonyl (C=O) groups is 1. The Labute approximate surface area is 140 Å². The molecule has 0 radical (unpaired) electrons. The molecular formula is C18H19ClFNO2. The number of ether oxygens (including phenoxy) is 1. The number of benzene rings is 2. The van der Waals surface area contributed by atoms with E-state index in [1.807, 2.05) is 24.3 Å². The Morgan fingerprint density at radius 3 is 2.61 bits per heavy atom. The summed E-state index contributed by atoms with van der Waals surface area (Å²) in [6, 6.07) is 13.7. The van der Waals surface area contributed by atoms with Crippen LogP contribution in [0.25, 0.3) is 0 Å². The molecule has 1 amide bonds. The highest BCUT2D eigenvalue weighted by Gasteiger charge is 2.10. The Balaban J connectivity index is 1.75. The molecule has 0 aromatic heterocycles. The zero-order valence-electron chi connectivity index (χ0n) is 13.0. The quantitative estimate of drug-likeness (QED) is 0.766. The maximum absolute atomic E-state index is 13.4. The van der Waals surface area contributed by atoms with Crippen molar-refractivity contribution in [3.05, 3.63) is 64.9 Å². The summed E-state index contributed by atoms with van der Waals surface area (Å²) in [6.07, 6.45) is 0.969. The molecule has 0 heterocycles. The van der Waals surface area contributed by atoms with Gasteiger partial charge in [0.2, 0.25) is 5.91 Å². The van der Waals surface area contributed by atoms with Crippen molar-refractivity contribution < 1.29 is 13.9 Å². The average Bonchev–Trinajstić information content (AvgIpc) is 2.55. The van der Waals surface area contributed by atoms with Gasteiger partial charge in [-0.1, -0.05) is 41.9 Å². The second kappa shape index (κ2) is 8.53. The number of rotatable bonds is 7. The van der Waals surface area contributed by atoms with Gasteiger partial charge >= 0.3 is 0 Å². The van der Waals surface area contributed by atoms with Gasteiger partial charge in [0.15, 0.2) is 11.6 Å². The lowest BCUT2D eigenvalue weighted by Gasteiger charge is -2.18. The molecule has 5 heteroatoms. The third kappa shape index (κ3) is 5.25. The van der Waals surface area contributed by atoms with Crippen molar-refractivity contribution in [2.75, 3.05) is 20.2 Å². The highest BCUT2D eigenvalue weighted by Crippen LogP contribution is 2.17. The van der Waals surface area contributed by atoms with E-state index in [1.54, 1.807) is 30.1 Å². The van der Waals surface area contributed by atoms with Crippen LogP contribution in [0.5, 0.6) is 5.75 Å². The summed E-state index contributed by atoms with van der Waals surface area (Å²) in [5.74, 6) is -0.202. The number of likely N-dealkylation sites (N-methyl/N-ethyl adjacent to an activating group) is 1. The van der Waals surface area contributed by atoms with Crippen LogP contribution >= 0.6 is 11.6 Å². The fraction of sp³-hybridized carbons (Fsp3) is 0.278. The molecule has 23 heavy (non-hydrogen) atoms. The lowest BCUT2D eigenvalue weighted by atomic mass is 10.1. The topological polar surface area (TPSA) is 29.5 Å². The van der Waals surface area contributed by atoms with E-state index >= 15 is 0 Å². The zero-order valence-corrected chi connectivity index (χ0v) is 13.7. The van der Waals surface area contributed by atoms with Crippen LogP contribution < -0.4 is 4.74 Å². The van der Waals surface area contributed by atoms with Gasteiger partial charge in [-0.15, -0.1) is 0 Å². The third-order valence-corrected chi connectivity index (χ3v) is 3.88. The molecule has 0 aliphatic carbocycles. The van der Waals surface area contributed by atoms with Crippen molar-refractivity contribution in [3.8, 4) is 5.75 Å². The summed E-state index contributed by atoms with van der Waals surface area (Å²) in [5.41, 5.74) is 0.957. The maximum Gasteiger partial charge on any atom is 0.222 e. The Kier molecular flexibility index (Phi) is 6.41. The number of amides is 1. The van der Waals surface area contributed by atoms with Gasteiger partial charge in [-0.2, -0.15) is 0 Å². The predicted molar refractivity (Wildman–Crippen MR) is 89.3 cm³/mol. The van der Waals surface area contributed by atoms with Crippen LogP contribution in [0, 0.1) is 5.82 Å². The molecule has 0 N–H and O–H groups in total. The highest BCUT2D eigenvalue weighted by molar-refractivity contribution is 6.31. The van der Waals surface area contributed by atoms with Gasteiger partial charge in [0.1, 0.15) is 6.61 Å². The Bertz CT molecular complexity index is 663. The molecular weight excluding hydrogens is 317 g/mol. The first-order valence-electron chi connectivity index (χ1n) is 7.42.